The second kappa shape index (κ2) is 7.89. The highest BCUT2D eigenvalue weighted by atomic mass is 19.1. The van der Waals surface area contributed by atoms with E-state index < -0.39 is 0 Å². The van der Waals surface area contributed by atoms with Crippen LogP contribution < -0.4 is 0 Å². The Kier molecular flexibility index (Phi) is 5.62. The van der Waals surface area contributed by atoms with Gasteiger partial charge >= 0.3 is 0 Å². The van der Waals surface area contributed by atoms with Crippen LogP contribution in [-0.4, -0.2) is 12.1 Å². The highest BCUT2D eigenvalue weighted by molar-refractivity contribution is 5.64. The number of nitrogens with zero attached hydrogens (tertiary/aromatic N) is 1. The van der Waals surface area contributed by atoms with Crippen LogP contribution in [0, 0.1) is 11.7 Å². The Morgan fingerprint density at radius 2 is 1.96 bits per heavy atom. The van der Waals surface area contributed by atoms with Gasteiger partial charge in [-0.2, -0.15) is 0 Å². The van der Waals surface area contributed by atoms with Gasteiger partial charge in [-0.25, -0.2) is 4.39 Å². The first kappa shape index (κ1) is 17.1. The Labute approximate surface area is 144 Å². The lowest BCUT2D eigenvalue weighted by molar-refractivity contribution is 0.181. The highest BCUT2D eigenvalue weighted by Crippen LogP contribution is 2.40. The van der Waals surface area contributed by atoms with E-state index in [2.05, 4.69) is 18.0 Å². The van der Waals surface area contributed by atoms with E-state index in [1.807, 2.05) is 24.4 Å². The van der Waals surface area contributed by atoms with Crippen LogP contribution in [0.1, 0.15) is 56.1 Å². The summed E-state index contributed by atoms with van der Waals surface area (Å²) in [6.45, 7) is 2.57. The normalized spacial score (nSPS) is 21.0. The first-order valence-electron chi connectivity index (χ1n) is 8.95. The third-order valence-electron chi connectivity index (χ3n) is 5.32. The lowest BCUT2D eigenvalue weighted by Gasteiger charge is -2.29. The summed E-state index contributed by atoms with van der Waals surface area (Å²) < 4.78 is 19.0. The van der Waals surface area contributed by atoms with Gasteiger partial charge in [0.05, 0.1) is 12.3 Å². The van der Waals surface area contributed by atoms with Crippen molar-refractivity contribution >= 4 is 0 Å². The fraction of sp³-hybridized carbons (Fsp3) is 0.476. The summed E-state index contributed by atoms with van der Waals surface area (Å²) in [6, 6.07) is 9.44. The van der Waals surface area contributed by atoms with Crippen molar-refractivity contribution < 1.29 is 9.13 Å². The van der Waals surface area contributed by atoms with Crippen molar-refractivity contribution in [1.82, 2.24) is 4.98 Å². The molecule has 0 aliphatic heterocycles. The van der Waals surface area contributed by atoms with Crippen LogP contribution in [0.5, 0.6) is 0 Å². The molecule has 1 aromatic heterocycles. The Morgan fingerprint density at radius 1 is 1.17 bits per heavy atom. The third kappa shape index (κ3) is 3.67. The van der Waals surface area contributed by atoms with E-state index in [1.54, 1.807) is 7.11 Å². The number of rotatable bonds is 5. The maximum Gasteiger partial charge on any atom is 0.128 e. The monoisotopic (exact) mass is 327 g/mol. The molecule has 1 heterocycles. The minimum atomic E-state index is -0.221. The van der Waals surface area contributed by atoms with Crippen molar-refractivity contribution in [3.63, 3.8) is 0 Å². The zero-order chi connectivity index (χ0) is 16.9. The van der Waals surface area contributed by atoms with E-state index in [-0.39, 0.29) is 12.4 Å². The average Bonchev–Trinajstić information content (AvgIpc) is 2.64. The van der Waals surface area contributed by atoms with Gasteiger partial charge < -0.3 is 4.74 Å². The van der Waals surface area contributed by atoms with Crippen molar-refractivity contribution in [3.05, 3.63) is 53.5 Å². The molecule has 0 bridgehead atoms. The average molecular weight is 327 g/mol. The molecule has 0 atom stereocenters. The molecule has 2 aromatic rings. The first-order chi connectivity index (χ1) is 11.7. The Morgan fingerprint density at radius 3 is 2.67 bits per heavy atom. The van der Waals surface area contributed by atoms with E-state index in [0.29, 0.717) is 11.5 Å². The highest BCUT2D eigenvalue weighted by Gasteiger charge is 2.24. The van der Waals surface area contributed by atoms with Crippen LogP contribution in [0.4, 0.5) is 4.39 Å². The largest absolute Gasteiger partial charge is 0.380 e. The molecule has 1 aliphatic carbocycles. The van der Waals surface area contributed by atoms with Gasteiger partial charge in [-0.3, -0.25) is 4.98 Å². The van der Waals surface area contributed by atoms with Crippen molar-refractivity contribution in [2.24, 2.45) is 5.92 Å². The lowest BCUT2D eigenvalue weighted by Crippen LogP contribution is -2.13. The first-order valence-corrected chi connectivity index (χ1v) is 8.95. The fourth-order valence-corrected chi connectivity index (χ4v) is 3.86. The summed E-state index contributed by atoms with van der Waals surface area (Å²) in [6.07, 6.45) is 8.16. The molecule has 24 heavy (non-hydrogen) atoms. The predicted molar refractivity (Wildman–Crippen MR) is 95.3 cm³/mol. The minimum absolute atomic E-state index is 0.221. The van der Waals surface area contributed by atoms with Crippen LogP contribution in [0.2, 0.25) is 0 Å². The van der Waals surface area contributed by atoms with E-state index in [9.17, 15) is 4.39 Å². The Hall–Kier alpha value is -1.74. The molecule has 1 saturated carbocycles. The fourth-order valence-electron chi connectivity index (χ4n) is 3.86. The van der Waals surface area contributed by atoms with E-state index in [1.165, 1.54) is 43.7 Å². The third-order valence-corrected chi connectivity index (χ3v) is 5.32. The molecule has 0 N–H and O–H groups in total. The molecule has 0 unspecified atom stereocenters. The molecule has 0 spiro atoms. The van der Waals surface area contributed by atoms with Crippen LogP contribution >= 0.6 is 0 Å². The molecule has 128 valence electrons. The van der Waals surface area contributed by atoms with Gasteiger partial charge in [0, 0.05) is 24.4 Å². The number of hydrogen-bond acceptors (Lipinski definition) is 2. The summed E-state index contributed by atoms with van der Waals surface area (Å²) in [5.74, 6) is 1.22. The molecule has 3 heteroatoms. The van der Waals surface area contributed by atoms with Gasteiger partial charge in [0.1, 0.15) is 5.82 Å². The number of aromatic nitrogens is 1. The second-order valence-corrected chi connectivity index (χ2v) is 6.81. The number of ether oxygens (including phenoxy) is 1. The summed E-state index contributed by atoms with van der Waals surface area (Å²) in [5, 5.41) is 0. The van der Waals surface area contributed by atoms with E-state index in [0.717, 1.165) is 17.2 Å². The predicted octanol–water partition coefficient (Wildman–Crippen LogP) is 5.72. The number of pyridine rings is 1. The number of halogens is 1. The van der Waals surface area contributed by atoms with Gasteiger partial charge in [-0.05, 0) is 67.3 Å². The van der Waals surface area contributed by atoms with E-state index in [4.69, 9.17) is 4.74 Å². The van der Waals surface area contributed by atoms with Gasteiger partial charge in [0.25, 0.3) is 0 Å². The lowest BCUT2D eigenvalue weighted by atomic mass is 9.77. The summed E-state index contributed by atoms with van der Waals surface area (Å²) in [7, 11) is 1.59. The Bertz CT molecular complexity index is 677. The molecular weight excluding hydrogens is 301 g/mol. The van der Waals surface area contributed by atoms with Crippen LogP contribution in [0.25, 0.3) is 11.3 Å². The standard InChI is InChI=1S/C21H26FNO/c1-3-15-6-8-16(9-7-15)19-5-4-12-23-21(19)17-10-11-20(22)18(13-17)14-24-2/h4-5,10-13,15-16H,3,6-9,14H2,1-2H3/t15-,16-. The SMILES string of the molecule is CC[C@H]1CC[C@H](c2cccnc2-c2ccc(F)c(COC)c2)CC1. The maximum absolute atomic E-state index is 13.9. The van der Waals surface area contributed by atoms with Crippen molar-refractivity contribution in [2.75, 3.05) is 7.11 Å². The van der Waals surface area contributed by atoms with Gasteiger partial charge in [0.2, 0.25) is 0 Å². The number of hydrogen-bond donors (Lipinski definition) is 0. The summed E-state index contributed by atoms with van der Waals surface area (Å²) in [4.78, 5) is 4.63. The van der Waals surface area contributed by atoms with Crippen LogP contribution in [-0.2, 0) is 11.3 Å². The minimum Gasteiger partial charge on any atom is -0.380 e. The smallest absolute Gasteiger partial charge is 0.128 e. The van der Waals surface area contributed by atoms with Crippen LogP contribution in [0.15, 0.2) is 36.5 Å². The molecule has 3 rings (SSSR count). The molecule has 1 fully saturated rings. The van der Waals surface area contributed by atoms with Gasteiger partial charge in [-0.1, -0.05) is 19.4 Å². The van der Waals surface area contributed by atoms with Crippen molar-refractivity contribution in [3.8, 4) is 11.3 Å². The number of benzene rings is 1. The molecule has 2 nitrogen and oxygen atoms in total. The van der Waals surface area contributed by atoms with Crippen molar-refractivity contribution in [1.29, 1.82) is 0 Å². The molecule has 0 saturated heterocycles. The zero-order valence-corrected chi connectivity index (χ0v) is 14.6. The maximum atomic E-state index is 13.9. The molecule has 1 aliphatic rings. The molecule has 0 radical (unpaired) electrons. The Balaban J connectivity index is 1.91. The molecule has 0 amide bonds. The van der Waals surface area contributed by atoms with Crippen LogP contribution in [0.3, 0.4) is 0 Å². The molecular formula is C21H26FNO. The van der Waals surface area contributed by atoms with Gasteiger partial charge in [-0.15, -0.1) is 0 Å². The molecule has 1 aromatic carbocycles. The van der Waals surface area contributed by atoms with Gasteiger partial charge in [0.15, 0.2) is 0 Å². The number of methoxy groups -OCH3 is 1. The zero-order valence-electron chi connectivity index (χ0n) is 14.6. The summed E-state index contributed by atoms with van der Waals surface area (Å²) >= 11 is 0. The second-order valence-electron chi connectivity index (χ2n) is 6.81. The van der Waals surface area contributed by atoms with E-state index >= 15 is 0 Å². The quantitative estimate of drug-likeness (QED) is 0.701. The summed E-state index contributed by atoms with van der Waals surface area (Å²) in [5.41, 5.74) is 3.87. The topological polar surface area (TPSA) is 22.1 Å². The van der Waals surface area contributed by atoms with Crippen molar-refractivity contribution in [2.45, 2.75) is 51.6 Å².